The molecule has 3 heterocycles. The van der Waals surface area contributed by atoms with Gasteiger partial charge in [-0.05, 0) is 68.5 Å². The summed E-state index contributed by atoms with van der Waals surface area (Å²) in [7, 11) is 1.96. The number of aryl methyl sites for hydroxylation is 1. The summed E-state index contributed by atoms with van der Waals surface area (Å²) in [5.41, 5.74) is 4.80. The van der Waals surface area contributed by atoms with Crippen LogP contribution >= 0.6 is 23.7 Å². The molecule has 0 aliphatic carbocycles. The zero-order chi connectivity index (χ0) is 18.6. The van der Waals surface area contributed by atoms with E-state index >= 15 is 0 Å². The molecule has 0 unspecified atom stereocenters. The third kappa shape index (κ3) is 3.84. The third-order valence-electron chi connectivity index (χ3n) is 5.71. The predicted octanol–water partition coefficient (Wildman–Crippen LogP) is 6.20. The highest BCUT2D eigenvalue weighted by atomic mass is 35.5. The average molecular weight is 430 g/mol. The van der Waals surface area contributed by atoms with Gasteiger partial charge in [0.2, 0.25) is 0 Å². The van der Waals surface area contributed by atoms with E-state index in [0.29, 0.717) is 0 Å². The van der Waals surface area contributed by atoms with E-state index in [1.54, 1.807) is 0 Å². The van der Waals surface area contributed by atoms with Gasteiger partial charge in [-0.3, -0.25) is 4.68 Å². The first-order valence-corrected chi connectivity index (χ1v) is 10.4. The molecular weight excluding hydrogens is 402 g/mol. The highest BCUT2D eigenvalue weighted by Gasteiger charge is 2.31. The number of hydrogen-bond donors (Lipinski definition) is 1. The first-order valence-electron chi connectivity index (χ1n) is 9.62. The van der Waals surface area contributed by atoms with E-state index in [4.69, 9.17) is 4.98 Å². The van der Waals surface area contributed by atoms with Gasteiger partial charge < -0.3 is 11.1 Å². The molecule has 3 N–H and O–H groups in total. The number of benzene rings is 2. The average Bonchev–Trinajstić information content (AvgIpc) is 3.21. The molecule has 154 valence electrons. The molecule has 0 saturated carbocycles. The standard InChI is InChI=1S/C22H24N4S.ClH.H3N/c1-22(2)10-4-5-11-26(22)21-23-19-9-7-16(13-20(19)27-21)15-6-8-18-17(12-15)14-25(3)24-18;;/h6-9,12-14H,4-5,10-11H2,1-3H3;1H;1H3. The van der Waals surface area contributed by atoms with Gasteiger partial charge in [-0.25, -0.2) is 4.98 Å². The molecule has 5 rings (SSSR count). The highest BCUT2D eigenvalue weighted by molar-refractivity contribution is 7.22. The van der Waals surface area contributed by atoms with Crippen molar-refractivity contribution in [2.24, 2.45) is 7.05 Å². The van der Waals surface area contributed by atoms with Crippen LogP contribution in [0.1, 0.15) is 33.1 Å². The van der Waals surface area contributed by atoms with Crippen molar-refractivity contribution in [2.75, 3.05) is 11.4 Å². The van der Waals surface area contributed by atoms with Crippen LogP contribution in [-0.2, 0) is 7.05 Å². The molecule has 1 fully saturated rings. The Balaban J connectivity index is 0.00000120. The molecule has 0 atom stereocenters. The van der Waals surface area contributed by atoms with Crippen LogP contribution in [0.3, 0.4) is 0 Å². The summed E-state index contributed by atoms with van der Waals surface area (Å²) < 4.78 is 3.13. The van der Waals surface area contributed by atoms with Crippen molar-refractivity contribution >= 4 is 50.0 Å². The van der Waals surface area contributed by atoms with Crippen LogP contribution in [0.15, 0.2) is 42.6 Å². The fourth-order valence-electron chi connectivity index (χ4n) is 4.16. The van der Waals surface area contributed by atoms with E-state index in [-0.39, 0.29) is 24.1 Å². The highest BCUT2D eigenvalue weighted by Crippen LogP contribution is 2.38. The summed E-state index contributed by atoms with van der Waals surface area (Å²) in [5, 5.41) is 6.81. The lowest BCUT2D eigenvalue weighted by molar-refractivity contribution is 0.361. The largest absolute Gasteiger partial charge is 0.344 e. The van der Waals surface area contributed by atoms with Gasteiger partial charge in [0.1, 0.15) is 0 Å². The van der Waals surface area contributed by atoms with E-state index in [2.05, 4.69) is 66.4 Å². The summed E-state index contributed by atoms with van der Waals surface area (Å²) in [5.74, 6) is 0. The third-order valence-corrected chi connectivity index (χ3v) is 6.75. The molecule has 4 aromatic rings. The van der Waals surface area contributed by atoms with Crippen LogP contribution in [0.2, 0.25) is 0 Å². The monoisotopic (exact) mass is 429 g/mol. The maximum atomic E-state index is 4.95. The predicted molar refractivity (Wildman–Crippen MR) is 127 cm³/mol. The van der Waals surface area contributed by atoms with Gasteiger partial charge in [0, 0.05) is 30.7 Å². The summed E-state index contributed by atoms with van der Waals surface area (Å²) in [6.45, 7) is 5.79. The van der Waals surface area contributed by atoms with Crippen molar-refractivity contribution in [3.05, 3.63) is 42.6 Å². The van der Waals surface area contributed by atoms with Crippen LogP contribution in [0.5, 0.6) is 0 Å². The van der Waals surface area contributed by atoms with Crippen molar-refractivity contribution in [2.45, 2.75) is 38.6 Å². The second-order valence-corrected chi connectivity index (χ2v) is 9.19. The van der Waals surface area contributed by atoms with E-state index in [1.807, 2.05) is 23.1 Å². The fourth-order valence-corrected chi connectivity index (χ4v) is 5.35. The van der Waals surface area contributed by atoms with Crippen LogP contribution in [0.25, 0.3) is 32.2 Å². The number of nitrogens with zero attached hydrogens (tertiary/aromatic N) is 4. The van der Waals surface area contributed by atoms with Crippen molar-refractivity contribution in [1.29, 1.82) is 0 Å². The number of rotatable bonds is 2. The smallest absolute Gasteiger partial charge is 0.186 e. The number of fused-ring (bicyclic) bond motifs is 2. The molecule has 1 aliphatic heterocycles. The summed E-state index contributed by atoms with van der Waals surface area (Å²) in [6, 6.07) is 13.1. The second kappa shape index (κ2) is 7.94. The normalized spacial score (nSPS) is 15.9. The zero-order valence-electron chi connectivity index (χ0n) is 17.2. The molecule has 2 aromatic heterocycles. The van der Waals surface area contributed by atoms with Gasteiger partial charge in [-0.1, -0.05) is 23.5 Å². The minimum absolute atomic E-state index is 0. The van der Waals surface area contributed by atoms with Crippen LogP contribution in [-0.4, -0.2) is 26.8 Å². The maximum absolute atomic E-state index is 4.95. The summed E-state index contributed by atoms with van der Waals surface area (Å²) >= 11 is 1.82. The minimum Gasteiger partial charge on any atom is -0.344 e. The number of thiazole rings is 1. The Morgan fingerprint density at radius 1 is 1.00 bits per heavy atom. The zero-order valence-corrected chi connectivity index (χ0v) is 18.8. The molecule has 29 heavy (non-hydrogen) atoms. The van der Waals surface area contributed by atoms with Crippen molar-refractivity contribution in [3.63, 3.8) is 0 Å². The van der Waals surface area contributed by atoms with Crippen molar-refractivity contribution in [3.8, 4) is 11.1 Å². The molecule has 0 spiro atoms. The van der Waals surface area contributed by atoms with Crippen molar-refractivity contribution in [1.82, 2.24) is 20.9 Å². The Bertz CT molecular complexity index is 1150. The lowest BCUT2D eigenvalue weighted by atomic mass is 9.91. The quantitative estimate of drug-likeness (QED) is 0.411. The van der Waals surface area contributed by atoms with Gasteiger partial charge in [-0.15, -0.1) is 12.4 Å². The number of piperidine rings is 1. The van der Waals surface area contributed by atoms with E-state index in [0.717, 1.165) is 22.7 Å². The summed E-state index contributed by atoms with van der Waals surface area (Å²) in [6.07, 6.45) is 5.88. The number of halogens is 1. The van der Waals surface area contributed by atoms with E-state index in [9.17, 15) is 0 Å². The Hall–Kier alpha value is -2.15. The van der Waals surface area contributed by atoms with Crippen molar-refractivity contribution < 1.29 is 0 Å². The lowest BCUT2D eigenvalue weighted by Gasteiger charge is -2.42. The molecule has 2 aromatic carbocycles. The van der Waals surface area contributed by atoms with Gasteiger partial charge in [0.25, 0.3) is 0 Å². The summed E-state index contributed by atoms with van der Waals surface area (Å²) in [4.78, 5) is 7.45. The minimum atomic E-state index is 0. The topological polar surface area (TPSA) is 69.0 Å². The Morgan fingerprint density at radius 2 is 1.72 bits per heavy atom. The van der Waals surface area contributed by atoms with Gasteiger partial charge >= 0.3 is 0 Å². The Labute approximate surface area is 181 Å². The number of hydrogen-bond acceptors (Lipinski definition) is 5. The van der Waals surface area contributed by atoms with E-state index in [1.165, 1.54) is 40.5 Å². The maximum Gasteiger partial charge on any atom is 0.186 e. The number of aromatic nitrogens is 3. The Kier molecular flexibility index (Phi) is 5.90. The first kappa shape index (κ1) is 21.6. The van der Waals surface area contributed by atoms with Gasteiger partial charge in [0.05, 0.1) is 15.7 Å². The molecule has 1 saturated heterocycles. The first-order chi connectivity index (χ1) is 13.0. The molecule has 0 radical (unpaired) electrons. The SMILES string of the molecule is Cl.Cn1cc2cc(-c3ccc4nc(N5CCCCC5(C)C)sc4c3)ccc2n1.N. The lowest BCUT2D eigenvalue weighted by Crippen LogP contribution is -2.47. The molecule has 1 aliphatic rings. The van der Waals surface area contributed by atoms with Crippen LogP contribution in [0, 0.1) is 0 Å². The van der Waals surface area contributed by atoms with Gasteiger partial charge in [0.15, 0.2) is 5.13 Å². The molecule has 0 bridgehead atoms. The van der Waals surface area contributed by atoms with Crippen LogP contribution < -0.4 is 11.1 Å². The van der Waals surface area contributed by atoms with E-state index < -0.39 is 0 Å². The second-order valence-electron chi connectivity index (χ2n) is 8.18. The molecule has 0 amide bonds. The number of anilines is 1. The Morgan fingerprint density at radius 3 is 2.48 bits per heavy atom. The van der Waals surface area contributed by atoms with Crippen LogP contribution in [0.4, 0.5) is 5.13 Å². The van der Waals surface area contributed by atoms with Gasteiger partial charge in [-0.2, -0.15) is 5.10 Å². The molecular formula is C22H28ClN5S. The molecule has 7 heteroatoms. The molecule has 5 nitrogen and oxygen atoms in total. The fraction of sp³-hybridized carbons (Fsp3) is 0.364.